The van der Waals surface area contributed by atoms with Gasteiger partial charge in [-0.25, -0.2) is 4.39 Å². The summed E-state index contributed by atoms with van der Waals surface area (Å²) in [6.07, 6.45) is 0. The van der Waals surface area contributed by atoms with Crippen molar-refractivity contribution in [1.82, 2.24) is 0 Å². The number of hydrogen-bond acceptors (Lipinski definition) is 4. The lowest BCUT2D eigenvalue weighted by Gasteiger charge is -2.10. The van der Waals surface area contributed by atoms with Crippen molar-refractivity contribution in [3.8, 4) is 11.5 Å². The number of aryl methyl sites for hydroxylation is 1. The summed E-state index contributed by atoms with van der Waals surface area (Å²) in [5, 5.41) is 10.7. The SMILES string of the molecule is CC(=O)c1cc([N+](=O)[O-])ccc1Oc1ccc(F)c(C)c1. The Hall–Kier alpha value is -2.76. The lowest BCUT2D eigenvalue weighted by molar-refractivity contribution is -0.384. The van der Waals surface area contributed by atoms with Crippen molar-refractivity contribution in [1.29, 1.82) is 0 Å². The van der Waals surface area contributed by atoms with Gasteiger partial charge in [0.1, 0.15) is 17.3 Å². The highest BCUT2D eigenvalue weighted by molar-refractivity contribution is 5.97. The molecule has 0 unspecified atom stereocenters. The molecular weight excluding hydrogens is 277 g/mol. The predicted octanol–water partition coefficient (Wildman–Crippen LogP) is 4.04. The van der Waals surface area contributed by atoms with Gasteiger partial charge in [0.25, 0.3) is 5.69 Å². The second-order valence-corrected chi connectivity index (χ2v) is 4.51. The Kier molecular flexibility index (Phi) is 3.98. The smallest absolute Gasteiger partial charge is 0.270 e. The zero-order chi connectivity index (χ0) is 15.6. The molecule has 0 aliphatic heterocycles. The first kappa shape index (κ1) is 14.6. The van der Waals surface area contributed by atoms with Gasteiger partial charge < -0.3 is 4.74 Å². The van der Waals surface area contributed by atoms with E-state index in [-0.39, 0.29) is 28.6 Å². The number of benzene rings is 2. The van der Waals surface area contributed by atoms with Gasteiger partial charge in [-0.05, 0) is 43.7 Å². The topological polar surface area (TPSA) is 69.4 Å². The molecule has 2 rings (SSSR count). The first-order chi connectivity index (χ1) is 9.88. The van der Waals surface area contributed by atoms with Crippen LogP contribution in [-0.2, 0) is 0 Å². The maximum Gasteiger partial charge on any atom is 0.270 e. The highest BCUT2D eigenvalue weighted by atomic mass is 19.1. The van der Waals surface area contributed by atoms with Gasteiger partial charge in [0.15, 0.2) is 5.78 Å². The summed E-state index contributed by atoms with van der Waals surface area (Å²) in [5.74, 6) is -0.172. The molecule has 0 saturated carbocycles. The Morgan fingerprint density at radius 2 is 1.95 bits per heavy atom. The molecule has 0 spiro atoms. The first-order valence-electron chi connectivity index (χ1n) is 6.12. The number of halogens is 1. The molecule has 0 amide bonds. The molecule has 0 aliphatic rings. The molecule has 0 aromatic heterocycles. The zero-order valence-electron chi connectivity index (χ0n) is 11.4. The van der Waals surface area contributed by atoms with E-state index in [0.717, 1.165) is 6.07 Å². The van der Waals surface area contributed by atoms with E-state index in [2.05, 4.69) is 0 Å². The van der Waals surface area contributed by atoms with Crippen molar-refractivity contribution in [2.75, 3.05) is 0 Å². The lowest BCUT2D eigenvalue weighted by atomic mass is 10.1. The van der Waals surface area contributed by atoms with Crippen molar-refractivity contribution < 1.29 is 18.8 Å². The quantitative estimate of drug-likeness (QED) is 0.484. The van der Waals surface area contributed by atoms with Crippen molar-refractivity contribution in [2.24, 2.45) is 0 Å². The molecule has 0 fully saturated rings. The van der Waals surface area contributed by atoms with Crippen LogP contribution in [0.5, 0.6) is 11.5 Å². The second kappa shape index (κ2) is 5.70. The first-order valence-corrected chi connectivity index (χ1v) is 6.12. The number of Topliss-reactive ketones (excluding diaryl/α,β-unsaturated/α-hetero) is 1. The van der Waals surface area contributed by atoms with Crippen LogP contribution in [0.1, 0.15) is 22.8 Å². The molecular formula is C15H12FNO4. The zero-order valence-corrected chi connectivity index (χ0v) is 11.4. The van der Waals surface area contributed by atoms with Crippen LogP contribution >= 0.6 is 0 Å². The normalized spacial score (nSPS) is 10.2. The average molecular weight is 289 g/mol. The van der Waals surface area contributed by atoms with Gasteiger partial charge in [0.2, 0.25) is 0 Å². The molecule has 21 heavy (non-hydrogen) atoms. The third kappa shape index (κ3) is 3.22. The average Bonchev–Trinajstić information content (AvgIpc) is 2.43. The molecule has 108 valence electrons. The van der Waals surface area contributed by atoms with Gasteiger partial charge in [0.05, 0.1) is 10.5 Å². The van der Waals surface area contributed by atoms with Gasteiger partial charge in [-0.2, -0.15) is 0 Å². The van der Waals surface area contributed by atoms with Crippen LogP contribution < -0.4 is 4.74 Å². The molecule has 0 atom stereocenters. The van der Waals surface area contributed by atoms with Gasteiger partial charge in [-0.15, -0.1) is 0 Å². The van der Waals surface area contributed by atoms with Crippen LogP contribution in [0.25, 0.3) is 0 Å². The van der Waals surface area contributed by atoms with Crippen LogP contribution in [0.15, 0.2) is 36.4 Å². The van der Waals surface area contributed by atoms with E-state index in [0.29, 0.717) is 11.3 Å². The minimum Gasteiger partial charge on any atom is -0.457 e. The summed E-state index contributed by atoms with van der Waals surface area (Å²) in [5.41, 5.74) is 0.313. The number of nitrogens with zero attached hydrogens (tertiary/aromatic N) is 1. The summed E-state index contributed by atoms with van der Waals surface area (Å²) in [6, 6.07) is 7.93. The fourth-order valence-electron chi connectivity index (χ4n) is 1.80. The van der Waals surface area contributed by atoms with Gasteiger partial charge in [0, 0.05) is 12.1 Å². The highest BCUT2D eigenvalue weighted by Crippen LogP contribution is 2.29. The Morgan fingerprint density at radius 3 is 2.52 bits per heavy atom. The highest BCUT2D eigenvalue weighted by Gasteiger charge is 2.15. The summed E-state index contributed by atoms with van der Waals surface area (Å²) >= 11 is 0. The lowest BCUT2D eigenvalue weighted by Crippen LogP contribution is -1.99. The number of carbonyl (C=O) groups is 1. The number of nitro benzene ring substituents is 1. The number of ketones is 1. The second-order valence-electron chi connectivity index (χ2n) is 4.51. The largest absolute Gasteiger partial charge is 0.457 e. The molecule has 0 aliphatic carbocycles. The van der Waals surface area contributed by atoms with E-state index < -0.39 is 4.92 Å². The Labute approximate surface area is 120 Å². The molecule has 2 aromatic rings. The van der Waals surface area contributed by atoms with E-state index in [1.807, 2.05) is 0 Å². The number of carbonyl (C=O) groups excluding carboxylic acids is 1. The third-order valence-corrected chi connectivity index (χ3v) is 2.91. The maximum absolute atomic E-state index is 13.2. The van der Waals surface area contributed by atoms with Gasteiger partial charge >= 0.3 is 0 Å². The molecule has 0 saturated heterocycles. The van der Waals surface area contributed by atoms with E-state index in [1.54, 1.807) is 6.92 Å². The van der Waals surface area contributed by atoms with Crippen molar-refractivity contribution >= 4 is 11.5 Å². The standard InChI is InChI=1S/C15H12FNO4/c1-9-7-12(4-5-14(9)16)21-15-6-3-11(17(19)20)8-13(15)10(2)18/h3-8H,1-2H3. The van der Waals surface area contributed by atoms with Gasteiger partial charge in [-0.1, -0.05) is 0 Å². The molecule has 0 heterocycles. The van der Waals surface area contributed by atoms with E-state index >= 15 is 0 Å². The number of non-ortho nitro benzene ring substituents is 1. The molecule has 0 N–H and O–H groups in total. The number of rotatable bonds is 4. The minimum atomic E-state index is -0.585. The van der Waals surface area contributed by atoms with Crippen molar-refractivity contribution in [3.63, 3.8) is 0 Å². The van der Waals surface area contributed by atoms with E-state index in [4.69, 9.17) is 4.74 Å². The van der Waals surface area contributed by atoms with E-state index in [1.165, 1.54) is 37.3 Å². The summed E-state index contributed by atoms with van der Waals surface area (Å²) in [7, 11) is 0. The summed E-state index contributed by atoms with van der Waals surface area (Å²) in [4.78, 5) is 21.7. The molecule has 5 nitrogen and oxygen atoms in total. The molecule has 2 aromatic carbocycles. The summed E-state index contributed by atoms with van der Waals surface area (Å²) < 4.78 is 18.7. The van der Waals surface area contributed by atoms with Crippen LogP contribution in [0.4, 0.5) is 10.1 Å². The van der Waals surface area contributed by atoms with Crippen molar-refractivity contribution in [3.05, 3.63) is 63.5 Å². The Bertz CT molecular complexity index is 728. The fourth-order valence-corrected chi connectivity index (χ4v) is 1.80. The third-order valence-electron chi connectivity index (χ3n) is 2.91. The van der Waals surface area contributed by atoms with Gasteiger partial charge in [-0.3, -0.25) is 14.9 Å². The Morgan fingerprint density at radius 1 is 1.24 bits per heavy atom. The molecule has 0 radical (unpaired) electrons. The number of hydrogen-bond donors (Lipinski definition) is 0. The maximum atomic E-state index is 13.2. The minimum absolute atomic E-state index is 0.103. The number of ether oxygens (including phenoxy) is 1. The summed E-state index contributed by atoms with van der Waals surface area (Å²) in [6.45, 7) is 2.88. The fraction of sp³-hybridized carbons (Fsp3) is 0.133. The van der Waals surface area contributed by atoms with Crippen LogP contribution in [0.3, 0.4) is 0 Å². The molecule has 0 bridgehead atoms. The molecule has 6 heteroatoms. The van der Waals surface area contributed by atoms with E-state index in [9.17, 15) is 19.3 Å². The van der Waals surface area contributed by atoms with Crippen LogP contribution in [0.2, 0.25) is 0 Å². The van der Waals surface area contributed by atoms with Crippen LogP contribution in [-0.4, -0.2) is 10.7 Å². The monoisotopic (exact) mass is 289 g/mol. The Balaban J connectivity index is 2.41. The number of nitro groups is 1. The predicted molar refractivity (Wildman–Crippen MR) is 74.3 cm³/mol. The van der Waals surface area contributed by atoms with Crippen molar-refractivity contribution in [2.45, 2.75) is 13.8 Å². The van der Waals surface area contributed by atoms with Crippen LogP contribution in [0, 0.1) is 22.9 Å².